The van der Waals surface area contributed by atoms with Gasteiger partial charge in [0.1, 0.15) is 0 Å². The predicted molar refractivity (Wildman–Crippen MR) is 125 cm³/mol. The summed E-state index contributed by atoms with van der Waals surface area (Å²) < 4.78 is 0. The number of aliphatic hydroxyl groups is 2. The summed E-state index contributed by atoms with van der Waals surface area (Å²) in [7, 11) is 0. The molecule has 3 atom stereocenters. The first kappa shape index (κ1) is 27.2. The van der Waals surface area contributed by atoms with Gasteiger partial charge in [0.2, 0.25) is 0 Å². The average molecular weight is 425 g/mol. The number of hydrogen-bond acceptors (Lipinski definition) is 3. The van der Waals surface area contributed by atoms with E-state index in [1.807, 2.05) is 0 Å². The van der Waals surface area contributed by atoms with Gasteiger partial charge in [-0.15, -0.1) is 0 Å². The van der Waals surface area contributed by atoms with Gasteiger partial charge in [0.15, 0.2) is 0 Å². The lowest BCUT2D eigenvalue weighted by molar-refractivity contribution is -0.137. The predicted octanol–water partition coefficient (Wildman–Crippen LogP) is 6.64. The Morgan fingerprint density at radius 1 is 1.03 bits per heavy atom. The van der Waals surface area contributed by atoms with Crippen LogP contribution in [0.15, 0.2) is 11.6 Å². The van der Waals surface area contributed by atoms with E-state index in [0.29, 0.717) is 6.42 Å². The average Bonchev–Trinajstić information content (AvgIpc) is 3.05. The van der Waals surface area contributed by atoms with Gasteiger partial charge in [-0.2, -0.15) is 0 Å². The van der Waals surface area contributed by atoms with Crippen LogP contribution >= 0.6 is 0 Å². The zero-order chi connectivity index (χ0) is 22.6. The maximum absolute atomic E-state index is 11.7. The molecule has 0 bridgehead atoms. The fraction of sp³-hybridized carbons (Fsp3) is 0.885. The molecule has 4 nitrogen and oxygen atoms in total. The third kappa shape index (κ3) is 8.70. The maximum atomic E-state index is 11.7. The smallest absolute Gasteiger partial charge is 0.303 e. The molecular weight excluding hydrogens is 376 g/mol. The molecule has 30 heavy (non-hydrogen) atoms. The van der Waals surface area contributed by atoms with Crippen molar-refractivity contribution in [3.05, 3.63) is 11.6 Å². The molecule has 4 heteroatoms. The molecule has 0 radical (unpaired) electrons. The van der Waals surface area contributed by atoms with Gasteiger partial charge in [0.05, 0.1) is 11.7 Å². The largest absolute Gasteiger partial charge is 0.481 e. The minimum Gasteiger partial charge on any atom is -0.481 e. The van der Waals surface area contributed by atoms with E-state index in [-0.39, 0.29) is 23.9 Å². The highest BCUT2D eigenvalue weighted by Crippen LogP contribution is 2.44. The number of aliphatic hydroxyl groups excluding tert-OH is 1. The van der Waals surface area contributed by atoms with Gasteiger partial charge in [-0.05, 0) is 50.4 Å². The van der Waals surface area contributed by atoms with E-state index in [2.05, 4.69) is 33.8 Å². The van der Waals surface area contributed by atoms with Gasteiger partial charge < -0.3 is 15.3 Å². The first-order chi connectivity index (χ1) is 14.2. The van der Waals surface area contributed by atoms with Crippen LogP contribution in [-0.2, 0) is 4.79 Å². The second kappa shape index (κ2) is 13.5. The second-order valence-electron chi connectivity index (χ2n) is 10.2. The lowest BCUT2D eigenvalue weighted by Gasteiger charge is -2.43. The topological polar surface area (TPSA) is 77.8 Å². The summed E-state index contributed by atoms with van der Waals surface area (Å²) in [5.74, 6) is -0.512. The molecule has 0 aromatic carbocycles. The maximum Gasteiger partial charge on any atom is 0.303 e. The SMILES string of the molecule is CCCCC(C)(C)C(O)(CC=C1CC[C@@H](O)[C@@H]1CCCCCCC(=O)O)CCCC. The van der Waals surface area contributed by atoms with Crippen LogP contribution in [0.5, 0.6) is 0 Å². The summed E-state index contributed by atoms with van der Waals surface area (Å²) in [6, 6.07) is 0. The molecule has 3 N–H and O–H groups in total. The number of hydrogen-bond donors (Lipinski definition) is 3. The van der Waals surface area contributed by atoms with Crippen LogP contribution in [0.2, 0.25) is 0 Å². The standard InChI is InChI=1S/C26H48O4/c1-5-7-18-25(3,4)26(30,19-8-6-2)20-17-21-15-16-23(27)22(21)13-11-9-10-12-14-24(28)29/h17,22-23,27,30H,5-16,18-20H2,1-4H3,(H,28,29)/t22-,23-,26?/m1/s1. The fourth-order valence-corrected chi connectivity index (χ4v) is 4.91. The van der Waals surface area contributed by atoms with Crippen molar-refractivity contribution < 1.29 is 20.1 Å². The van der Waals surface area contributed by atoms with E-state index in [1.165, 1.54) is 5.57 Å². The lowest BCUT2D eigenvalue weighted by atomic mass is 9.67. The molecule has 0 aliphatic heterocycles. The van der Waals surface area contributed by atoms with Gasteiger partial charge in [0.25, 0.3) is 0 Å². The number of carbonyl (C=O) groups is 1. The number of rotatable bonds is 16. The highest BCUT2D eigenvalue weighted by Gasteiger charge is 2.42. The Bertz CT molecular complexity index is 525. The molecule has 0 spiro atoms. The second-order valence-corrected chi connectivity index (χ2v) is 10.2. The van der Waals surface area contributed by atoms with E-state index < -0.39 is 11.6 Å². The molecule has 1 saturated carbocycles. The Labute approximate surface area is 185 Å². The van der Waals surface area contributed by atoms with Crippen molar-refractivity contribution in [1.29, 1.82) is 0 Å². The first-order valence-corrected chi connectivity index (χ1v) is 12.5. The van der Waals surface area contributed by atoms with Gasteiger partial charge in [-0.25, -0.2) is 0 Å². The van der Waals surface area contributed by atoms with Crippen LogP contribution in [0.1, 0.15) is 124 Å². The molecule has 1 aliphatic carbocycles. The van der Waals surface area contributed by atoms with Crippen LogP contribution in [0.25, 0.3) is 0 Å². The summed E-state index contributed by atoms with van der Waals surface area (Å²) in [5, 5.41) is 30.9. The Hall–Kier alpha value is -0.870. The number of aliphatic carboxylic acids is 1. The van der Waals surface area contributed by atoms with E-state index in [9.17, 15) is 15.0 Å². The normalized spacial score (nSPS) is 23.1. The highest BCUT2D eigenvalue weighted by atomic mass is 16.4. The van der Waals surface area contributed by atoms with Gasteiger partial charge >= 0.3 is 5.97 Å². The van der Waals surface area contributed by atoms with Crippen molar-refractivity contribution >= 4 is 5.97 Å². The van der Waals surface area contributed by atoms with Crippen molar-refractivity contribution in [3.8, 4) is 0 Å². The van der Waals surface area contributed by atoms with Crippen LogP contribution in [0.4, 0.5) is 0 Å². The van der Waals surface area contributed by atoms with E-state index in [0.717, 1.165) is 83.5 Å². The van der Waals surface area contributed by atoms with E-state index >= 15 is 0 Å². The Morgan fingerprint density at radius 2 is 1.67 bits per heavy atom. The monoisotopic (exact) mass is 424 g/mol. The molecule has 0 heterocycles. The lowest BCUT2D eigenvalue weighted by Crippen LogP contribution is -2.44. The van der Waals surface area contributed by atoms with Gasteiger partial charge in [0, 0.05) is 12.3 Å². The van der Waals surface area contributed by atoms with Crippen LogP contribution in [0, 0.1) is 11.3 Å². The first-order valence-electron chi connectivity index (χ1n) is 12.5. The summed E-state index contributed by atoms with van der Waals surface area (Å²) in [4.78, 5) is 10.6. The van der Waals surface area contributed by atoms with E-state index in [1.54, 1.807) is 0 Å². The van der Waals surface area contributed by atoms with Crippen LogP contribution in [0.3, 0.4) is 0 Å². The molecular formula is C26H48O4. The zero-order valence-electron chi connectivity index (χ0n) is 20.1. The third-order valence-corrected chi connectivity index (χ3v) is 7.39. The van der Waals surface area contributed by atoms with Crippen molar-refractivity contribution in [3.63, 3.8) is 0 Å². The summed E-state index contributed by atoms with van der Waals surface area (Å²) in [6.45, 7) is 8.82. The minimum absolute atomic E-state index is 0.119. The molecule has 0 aromatic heterocycles. The molecule has 0 amide bonds. The Balaban J connectivity index is 2.72. The molecule has 176 valence electrons. The highest BCUT2D eigenvalue weighted by molar-refractivity contribution is 5.66. The Kier molecular flexibility index (Phi) is 12.2. The quantitative estimate of drug-likeness (QED) is 0.192. The molecule has 1 fully saturated rings. The van der Waals surface area contributed by atoms with Crippen LogP contribution < -0.4 is 0 Å². The third-order valence-electron chi connectivity index (χ3n) is 7.39. The van der Waals surface area contributed by atoms with Crippen molar-refractivity contribution in [2.45, 2.75) is 136 Å². The van der Waals surface area contributed by atoms with Gasteiger partial charge in [-0.3, -0.25) is 4.79 Å². The summed E-state index contributed by atoms with van der Waals surface area (Å²) in [6.07, 6.45) is 15.7. The minimum atomic E-state index is -0.719. The molecule has 1 unspecified atom stereocenters. The van der Waals surface area contributed by atoms with E-state index in [4.69, 9.17) is 5.11 Å². The van der Waals surface area contributed by atoms with Crippen molar-refractivity contribution in [2.24, 2.45) is 11.3 Å². The van der Waals surface area contributed by atoms with Crippen LogP contribution in [-0.4, -0.2) is 33.0 Å². The molecule has 0 aromatic rings. The summed E-state index contributed by atoms with van der Waals surface area (Å²) >= 11 is 0. The van der Waals surface area contributed by atoms with Crippen molar-refractivity contribution in [1.82, 2.24) is 0 Å². The molecule has 1 aliphatic rings. The number of carboxylic acid groups (broad SMARTS) is 1. The van der Waals surface area contributed by atoms with Gasteiger partial charge in [-0.1, -0.05) is 84.3 Å². The summed E-state index contributed by atoms with van der Waals surface area (Å²) in [5.41, 5.74) is 0.515. The molecule has 1 rings (SSSR count). The fourth-order valence-electron chi connectivity index (χ4n) is 4.91. The number of unbranched alkanes of at least 4 members (excludes halogenated alkanes) is 5. The zero-order valence-corrected chi connectivity index (χ0v) is 20.1. The van der Waals surface area contributed by atoms with Crippen molar-refractivity contribution in [2.75, 3.05) is 0 Å². The number of carboxylic acids is 1. The Morgan fingerprint density at radius 3 is 2.30 bits per heavy atom. The molecule has 0 saturated heterocycles.